The number of anilines is 5. The number of ether oxygens (including phenoxy) is 2. The average Bonchev–Trinajstić information content (AvgIpc) is 2.88. The molecule has 294 valence electrons. The van der Waals surface area contributed by atoms with Crippen LogP contribution in [0.1, 0.15) is 111 Å². The van der Waals surface area contributed by atoms with Gasteiger partial charge in [-0.2, -0.15) is 9.97 Å². The molecule has 0 fully saturated rings. The Morgan fingerprint density at radius 2 is 1.02 bits per heavy atom. The molecule has 2 aromatic rings. The molecule has 52 heavy (non-hydrogen) atoms. The highest BCUT2D eigenvalue weighted by Gasteiger charge is 2.28. The number of nitrogens with two attached hydrogens (primary N) is 1. The number of amides is 2. The van der Waals surface area contributed by atoms with Gasteiger partial charge in [0.25, 0.3) is 0 Å². The first-order valence-corrected chi connectivity index (χ1v) is 17.0. The Bertz CT molecular complexity index is 1520. The summed E-state index contributed by atoms with van der Waals surface area (Å²) in [6, 6.07) is 0. The van der Waals surface area contributed by atoms with E-state index in [0.717, 1.165) is 6.20 Å². The SMILES string of the molecule is CC(C)(C)NC(=O)OC(C)(C)CNc1nc(NC(C)(C)C)ncc1N.CC(C)(C)NC(=O)OC(C)(C)CNc1nc(NC(C)(C)C)ncc1[N+](=O)[O-]. The fourth-order valence-corrected chi connectivity index (χ4v) is 3.79. The summed E-state index contributed by atoms with van der Waals surface area (Å²) >= 11 is 0. The second-order valence-electron chi connectivity index (χ2n) is 17.7. The van der Waals surface area contributed by atoms with Gasteiger partial charge in [-0.05, 0) is 111 Å². The van der Waals surface area contributed by atoms with E-state index in [1.165, 1.54) is 0 Å². The highest BCUT2D eigenvalue weighted by atomic mass is 16.6. The number of hydrogen-bond acceptors (Lipinski definition) is 15. The number of nitro groups is 1. The number of aromatic nitrogens is 4. The molecule has 8 N–H and O–H groups in total. The summed E-state index contributed by atoms with van der Waals surface area (Å²) in [5.41, 5.74) is 3.17. The molecule has 18 heteroatoms. The van der Waals surface area contributed by atoms with Gasteiger partial charge in [0.15, 0.2) is 5.82 Å². The van der Waals surface area contributed by atoms with Crippen LogP contribution in [0.2, 0.25) is 0 Å². The first kappa shape index (κ1) is 45.1. The van der Waals surface area contributed by atoms with Crippen molar-refractivity contribution in [2.75, 3.05) is 40.1 Å². The topological polar surface area (TPSA) is 246 Å². The van der Waals surface area contributed by atoms with E-state index in [1.807, 2.05) is 96.9 Å². The minimum absolute atomic E-state index is 0.0506. The van der Waals surface area contributed by atoms with Crippen LogP contribution in [0.3, 0.4) is 0 Å². The molecule has 0 unspecified atom stereocenters. The minimum atomic E-state index is -0.925. The van der Waals surface area contributed by atoms with Crippen LogP contribution in [0.5, 0.6) is 0 Å². The molecule has 2 heterocycles. The lowest BCUT2D eigenvalue weighted by molar-refractivity contribution is -0.384. The van der Waals surface area contributed by atoms with Gasteiger partial charge in [0.05, 0.1) is 29.9 Å². The van der Waals surface area contributed by atoms with Gasteiger partial charge in [-0.25, -0.2) is 19.6 Å². The van der Waals surface area contributed by atoms with Crippen molar-refractivity contribution in [2.24, 2.45) is 0 Å². The van der Waals surface area contributed by atoms with Gasteiger partial charge < -0.3 is 47.1 Å². The number of nitrogen functional groups attached to an aromatic ring is 1. The van der Waals surface area contributed by atoms with Crippen LogP contribution in [0, 0.1) is 10.1 Å². The molecular weight excluding hydrogens is 672 g/mol. The van der Waals surface area contributed by atoms with E-state index in [0.29, 0.717) is 24.0 Å². The second-order valence-corrected chi connectivity index (χ2v) is 17.7. The summed E-state index contributed by atoms with van der Waals surface area (Å²) in [5, 5.41) is 29.0. The fraction of sp³-hybridized carbons (Fsp3) is 0.706. The van der Waals surface area contributed by atoms with E-state index in [9.17, 15) is 19.7 Å². The number of hydrogen-bond donors (Lipinski definition) is 7. The Kier molecular flexibility index (Phi) is 14.8. The van der Waals surface area contributed by atoms with Crippen LogP contribution in [0.25, 0.3) is 0 Å². The Hall–Kier alpha value is -4.90. The number of nitrogens with zero attached hydrogens (tertiary/aromatic N) is 5. The largest absolute Gasteiger partial charge is 0.442 e. The monoisotopic (exact) mass is 734 g/mol. The first-order chi connectivity index (χ1) is 23.2. The molecule has 18 nitrogen and oxygen atoms in total. The van der Waals surface area contributed by atoms with Gasteiger partial charge >= 0.3 is 17.9 Å². The van der Waals surface area contributed by atoms with Crippen molar-refractivity contribution in [3.8, 4) is 0 Å². The van der Waals surface area contributed by atoms with E-state index in [-0.39, 0.29) is 40.6 Å². The summed E-state index contributed by atoms with van der Waals surface area (Å²) < 4.78 is 10.9. The van der Waals surface area contributed by atoms with Gasteiger partial charge in [0, 0.05) is 22.2 Å². The van der Waals surface area contributed by atoms with E-state index >= 15 is 0 Å². The highest BCUT2D eigenvalue weighted by molar-refractivity contribution is 5.69. The molecule has 2 rings (SSSR count). The Labute approximate surface area is 308 Å². The average molecular weight is 735 g/mol. The van der Waals surface area contributed by atoms with Gasteiger partial charge in [-0.1, -0.05) is 0 Å². The van der Waals surface area contributed by atoms with E-state index in [4.69, 9.17) is 15.2 Å². The molecule has 0 atom stereocenters. The fourth-order valence-electron chi connectivity index (χ4n) is 3.79. The van der Waals surface area contributed by atoms with Crippen LogP contribution >= 0.6 is 0 Å². The lowest BCUT2D eigenvalue weighted by atomic mass is 10.1. The number of nitrogens with one attached hydrogen (secondary N) is 6. The van der Waals surface area contributed by atoms with Crippen molar-refractivity contribution in [1.82, 2.24) is 30.6 Å². The number of rotatable bonds is 11. The smallest absolute Gasteiger partial charge is 0.408 e. The van der Waals surface area contributed by atoms with Gasteiger partial charge in [-0.15, -0.1) is 0 Å². The van der Waals surface area contributed by atoms with E-state index in [1.54, 1.807) is 20.0 Å². The third kappa shape index (κ3) is 19.5. The molecule has 0 aliphatic carbocycles. The van der Waals surface area contributed by atoms with Crippen molar-refractivity contribution in [3.05, 3.63) is 22.5 Å². The molecule has 0 aromatic carbocycles. The van der Waals surface area contributed by atoms with E-state index in [2.05, 4.69) is 51.8 Å². The number of carbonyl (C=O) groups is 2. The molecule has 0 saturated heterocycles. The minimum Gasteiger partial charge on any atom is -0.442 e. The van der Waals surface area contributed by atoms with Gasteiger partial charge in [0.1, 0.15) is 17.4 Å². The number of alkyl carbamates (subject to hydrolysis) is 2. The lowest BCUT2D eigenvalue weighted by Crippen LogP contribution is -2.46. The molecule has 2 amide bonds. The van der Waals surface area contributed by atoms with Crippen molar-refractivity contribution < 1.29 is 24.0 Å². The van der Waals surface area contributed by atoms with E-state index < -0.39 is 33.9 Å². The standard InChI is InChI=1S/C17H30N6O4.C17H32N6O2/c1-15(2,3)21-13-18-9-11(23(25)26)12(20-13)19-10-17(7,8)27-14(24)22-16(4,5)6;1-15(2,3)22-13-19-9-11(18)12(21-13)20-10-17(7,8)25-14(24)23-16(4,5)6/h9H,10H2,1-8H3,(H,22,24)(H2,18,19,20,21);9H,10,18H2,1-8H3,(H,23,24)(H2,19,20,21,22). The Morgan fingerprint density at radius 1 is 0.654 bits per heavy atom. The quantitative estimate of drug-likeness (QED) is 0.0989. The summed E-state index contributed by atoms with van der Waals surface area (Å²) in [4.78, 5) is 51.3. The summed E-state index contributed by atoms with van der Waals surface area (Å²) in [5.74, 6) is 1.29. The predicted molar refractivity (Wildman–Crippen MR) is 206 cm³/mol. The molecule has 2 aromatic heterocycles. The maximum absolute atomic E-state index is 12.0. The van der Waals surface area contributed by atoms with Crippen molar-refractivity contribution >= 4 is 47.1 Å². The maximum atomic E-state index is 12.0. The normalized spacial score (nSPS) is 12.4. The molecular formula is C34H62N12O6. The zero-order valence-electron chi connectivity index (χ0n) is 33.8. The third-order valence-electron chi connectivity index (χ3n) is 5.81. The van der Waals surface area contributed by atoms with Crippen LogP contribution in [0.15, 0.2) is 12.4 Å². The Balaban J connectivity index is 0.000000522. The third-order valence-corrected chi connectivity index (χ3v) is 5.81. The first-order valence-electron chi connectivity index (χ1n) is 17.0. The van der Waals surface area contributed by atoms with Gasteiger partial charge in [0.2, 0.25) is 17.7 Å². The summed E-state index contributed by atoms with van der Waals surface area (Å²) in [6.07, 6.45) is 1.65. The molecule has 0 bridgehead atoms. The predicted octanol–water partition coefficient (Wildman–Crippen LogP) is 6.29. The van der Waals surface area contributed by atoms with Crippen LogP contribution in [-0.2, 0) is 9.47 Å². The van der Waals surface area contributed by atoms with Crippen molar-refractivity contribution in [1.29, 1.82) is 0 Å². The molecule has 0 radical (unpaired) electrons. The highest BCUT2D eigenvalue weighted by Crippen LogP contribution is 2.25. The molecule has 0 aliphatic rings. The summed E-state index contributed by atoms with van der Waals surface area (Å²) in [7, 11) is 0. The molecule has 0 saturated carbocycles. The second kappa shape index (κ2) is 17.1. The lowest BCUT2D eigenvalue weighted by Gasteiger charge is -2.29. The van der Waals surface area contributed by atoms with Crippen molar-refractivity contribution in [2.45, 2.75) is 144 Å². The number of carbonyl (C=O) groups excluding carboxylic acids is 2. The van der Waals surface area contributed by atoms with Crippen LogP contribution < -0.4 is 37.6 Å². The van der Waals surface area contributed by atoms with Crippen LogP contribution in [-0.4, -0.2) is 83.5 Å². The molecule has 0 aliphatic heterocycles. The Morgan fingerprint density at radius 3 is 1.38 bits per heavy atom. The zero-order valence-corrected chi connectivity index (χ0v) is 33.8. The summed E-state index contributed by atoms with van der Waals surface area (Å²) in [6.45, 7) is 30.5. The van der Waals surface area contributed by atoms with Crippen molar-refractivity contribution in [3.63, 3.8) is 0 Å². The van der Waals surface area contributed by atoms with Crippen LogP contribution in [0.4, 0.5) is 44.5 Å². The molecule has 0 spiro atoms. The van der Waals surface area contributed by atoms with Gasteiger partial charge in [-0.3, -0.25) is 10.1 Å². The zero-order chi connectivity index (χ0) is 40.5. The maximum Gasteiger partial charge on any atom is 0.408 e.